The van der Waals surface area contributed by atoms with Crippen LogP contribution in [0.5, 0.6) is 0 Å². The summed E-state index contributed by atoms with van der Waals surface area (Å²) in [4.78, 5) is 22.3. The second-order valence-corrected chi connectivity index (χ2v) is 10.5. The van der Waals surface area contributed by atoms with Gasteiger partial charge in [0, 0.05) is 76.2 Å². The molecule has 3 aliphatic heterocycles. The zero-order valence-electron chi connectivity index (χ0n) is 21.3. The molecule has 0 saturated carbocycles. The molecule has 1 atom stereocenters. The summed E-state index contributed by atoms with van der Waals surface area (Å²) in [6.45, 7) is 8.95. The molecule has 6 heteroatoms. The van der Waals surface area contributed by atoms with Crippen LogP contribution in [0.3, 0.4) is 0 Å². The number of benzene rings is 2. The minimum absolute atomic E-state index is 0.0358. The molecule has 0 spiro atoms. The van der Waals surface area contributed by atoms with Crippen LogP contribution in [0.4, 0.5) is 5.69 Å². The highest BCUT2D eigenvalue weighted by Gasteiger charge is 2.28. The topological polar surface area (TPSA) is 50.3 Å². The van der Waals surface area contributed by atoms with Crippen LogP contribution in [0.2, 0.25) is 0 Å². The van der Waals surface area contributed by atoms with E-state index >= 15 is 0 Å². The summed E-state index contributed by atoms with van der Waals surface area (Å²) < 4.78 is 0. The van der Waals surface area contributed by atoms with Gasteiger partial charge in [-0.15, -0.1) is 0 Å². The molecule has 3 fully saturated rings. The number of β-amino-alcohol motifs (C(OH)–C–C–N with tert-alkyl or cyclic N) is 1. The van der Waals surface area contributed by atoms with E-state index in [1.807, 2.05) is 12.1 Å². The van der Waals surface area contributed by atoms with Crippen molar-refractivity contribution in [1.29, 1.82) is 0 Å². The average molecular weight is 489 g/mol. The molecule has 2 aromatic carbocycles. The van der Waals surface area contributed by atoms with Gasteiger partial charge in [-0.05, 0) is 55.5 Å². The zero-order chi connectivity index (χ0) is 24.7. The number of rotatable bonds is 6. The Labute approximate surface area is 215 Å². The maximum Gasteiger partial charge on any atom is 0.253 e. The van der Waals surface area contributed by atoms with Gasteiger partial charge in [0.2, 0.25) is 0 Å². The summed E-state index contributed by atoms with van der Waals surface area (Å²) in [5.74, 6) is 0.0358. The van der Waals surface area contributed by atoms with Gasteiger partial charge in [0.15, 0.2) is 0 Å². The number of likely N-dealkylation sites (tertiary alicyclic amines) is 1. The van der Waals surface area contributed by atoms with Crippen LogP contribution < -0.4 is 4.90 Å². The molecule has 3 aliphatic rings. The van der Waals surface area contributed by atoms with Crippen molar-refractivity contribution in [1.82, 2.24) is 14.7 Å². The summed E-state index contributed by atoms with van der Waals surface area (Å²) in [6, 6.07) is 19.3. The van der Waals surface area contributed by atoms with E-state index in [4.69, 9.17) is 0 Å². The van der Waals surface area contributed by atoms with Crippen molar-refractivity contribution in [3.63, 3.8) is 0 Å². The first kappa shape index (κ1) is 25.0. The minimum Gasteiger partial charge on any atom is -0.391 e. The van der Waals surface area contributed by atoms with Crippen molar-refractivity contribution in [2.75, 3.05) is 63.8 Å². The number of aliphatic hydroxyl groups excluding tert-OH is 1. The standard InChI is InChI=1S/C30H40N4O2/c35-29-9-5-17-34(24-29)30(36)26-10-12-27(13-11-26)32-18-14-28(15-19-32)33-22-20-31(21-23-33)16-4-8-25-6-2-1-3-7-25/h1-4,6-8,10-13,28-29,35H,5,9,14-24H2/b8-4+/t29-/m1/s1. The van der Waals surface area contributed by atoms with Gasteiger partial charge in [-0.2, -0.15) is 0 Å². The normalized spacial score (nSPS) is 22.9. The molecule has 0 radical (unpaired) electrons. The second kappa shape index (κ2) is 12.0. The Kier molecular flexibility index (Phi) is 8.36. The first-order chi connectivity index (χ1) is 17.7. The Balaban J connectivity index is 1.05. The first-order valence-corrected chi connectivity index (χ1v) is 13.7. The molecule has 1 amide bonds. The van der Waals surface area contributed by atoms with Crippen LogP contribution in [0, 0.1) is 0 Å². The van der Waals surface area contributed by atoms with Crippen molar-refractivity contribution in [3.8, 4) is 0 Å². The Morgan fingerprint density at radius 1 is 0.861 bits per heavy atom. The predicted octanol–water partition coefficient (Wildman–Crippen LogP) is 3.58. The van der Waals surface area contributed by atoms with E-state index in [0.29, 0.717) is 12.6 Å². The maximum atomic E-state index is 12.8. The van der Waals surface area contributed by atoms with Crippen LogP contribution >= 0.6 is 0 Å². The molecule has 0 aliphatic carbocycles. The molecule has 0 aromatic heterocycles. The number of aliphatic hydroxyl groups is 1. The third-order valence-electron chi connectivity index (χ3n) is 8.02. The minimum atomic E-state index is -0.386. The van der Waals surface area contributed by atoms with Crippen molar-refractivity contribution in [2.24, 2.45) is 0 Å². The lowest BCUT2D eigenvalue weighted by molar-refractivity contribution is 0.0474. The van der Waals surface area contributed by atoms with E-state index in [9.17, 15) is 9.90 Å². The van der Waals surface area contributed by atoms with Gasteiger partial charge in [0.25, 0.3) is 5.91 Å². The molecule has 3 saturated heterocycles. The molecule has 2 aromatic rings. The molecule has 36 heavy (non-hydrogen) atoms. The highest BCUT2D eigenvalue weighted by Crippen LogP contribution is 2.24. The number of anilines is 1. The third-order valence-corrected chi connectivity index (χ3v) is 8.02. The van der Waals surface area contributed by atoms with Gasteiger partial charge >= 0.3 is 0 Å². The number of nitrogens with zero attached hydrogens (tertiary/aromatic N) is 4. The Morgan fingerprint density at radius 2 is 1.58 bits per heavy atom. The van der Waals surface area contributed by atoms with Gasteiger partial charge in [-0.3, -0.25) is 14.6 Å². The largest absolute Gasteiger partial charge is 0.391 e. The van der Waals surface area contributed by atoms with Crippen LogP contribution in [0.1, 0.15) is 41.6 Å². The molecular formula is C30H40N4O2. The summed E-state index contributed by atoms with van der Waals surface area (Å²) in [6.07, 6.45) is 8.19. The molecule has 192 valence electrons. The van der Waals surface area contributed by atoms with Gasteiger partial charge < -0.3 is 14.9 Å². The Hall–Kier alpha value is -2.67. The van der Waals surface area contributed by atoms with Crippen LogP contribution in [-0.2, 0) is 0 Å². The molecule has 3 heterocycles. The van der Waals surface area contributed by atoms with E-state index in [1.165, 1.54) is 24.1 Å². The van der Waals surface area contributed by atoms with Gasteiger partial charge in [0.05, 0.1) is 6.10 Å². The maximum absolute atomic E-state index is 12.8. The smallest absolute Gasteiger partial charge is 0.253 e. The highest BCUT2D eigenvalue weighted by atomic mass is 16.3. The van der Waals surface area contributed by atoms with Gasteiger partial charge in [-0.25, -0.2) is 0 Å². The number of hydrogen-bond donors (Lipinski definition) is 1. The van der Waals surface area contributed by atoms with Gasteiger partial charge in [0.1, 0.15) is 0 Å². The van der Waals surface area contributed by atoms with E-state index < -0.39 is 0 Å². The van der Waals surface area contributed by atoms with Crippen molar-refractivity contribution < 1.29 is 9.90 Å². The fraction of sp³-hybridized carbons (Fsp3) is 0.500. The van der Waals surface area contributed by atoms with E-state index in [-0.39, 0.29) is 12.0 Å². The fourth-order valence-electron chi connectivity index (χ4n) is 5.84. The highest BCUT2D eigenvalue weighted by molar-refractivity contribution is 5.94. The number of piperidine rings is 2. The molecule has 0 unspecified atom stereocenters. The number of hydrogen-bond acceptors (Lipinski definition) is 5. The van der Waals surface area contributed by atoms with E-state index in [0.717, 1.165) is 70.8 Å². The predicted molar refractivity (Wildman–Crippen MR) is 146 cm³/mol. The number of piperazine rings is 1. The zero-order valence-corrected chi connectivity index (χ0v) is 21.3. The number of carbonyl (C=O) groups excluding carboxylic acids is 1. The monoisotopic (exact) mass is 488 g/mol. The van der Waals surface area contributed by atoms with Crippen molar-refractivity contribution >= 4 is 17.7 Å². The molecule has 5 rings (SSSR count). The summed E-state index contributed by atoms with van der Waals surface area (Å²) in [5.41, 5.74) is 3.20. The van der Waals surface area contributed by atoms with Crippen LogP contribution in [0.15, 0.2) is 60.7 Å². The summed E-state index contributed by atoms with van der Waals surface area (Å²) >= 11 is 0. The molecule has 0 bridgehead atoms. The van der Waals surface area contributed by atoms with E-state index in [2.05, 4.69) is 69.3 Å². The van der Waals surface area contributed by atoms with Crippen LogP contribution in [0.25, 0.3) is 6.08 Å². The second-order valence-electron chi connectivity index (χ2n) is 10.5. The lowest BCUT2D eigenvalue weighted by Crippen LogP contribution is -2.53. The average Bonchev–Trinajstić information content (AvgIpc) is 2.94. The summed E-state index contributed by atoms with van der Waals surface area (Å²) in [7, 11) is 0. The molecular weight excluding hydrogens is 448 g/mol. The number of amides is 1. The van der Waals surface area contributed by atoms with E-state index in [1.54, 1.807) is 4.90 Å². The van der Waals surface area contributed by atoms with Crippen molar-refractivity contribution in [2.45, 2.75) is 37.8 Å². The summed E-state index contributed by atoms with van der Waals surface area (Å²) in [5, 5.41) is 9.88. The SMILES string of the molecule is O=C(c1ccc(N2CCC(N3CCN(C/C=C/c4ccccc4)CC3)CC2)cc1)N1CCC[C@@H](O)C1. The Bertz CT molecular complexity index is 993. The Morgan fingerprint density at radius 3 is 2.28 bits per heavy atom. The third kappa shape index (κ3) is 6.36. The van der Waals surface area contributed by atoms with Gasteiger partial charge in [-0.1, -0.05) is 42.5 Å². The lowest BCUT2D eigenvalue weighted by atomic mass is 10.0. The molecule has 6 nitrogen and oxygen atoms in total. The van der Waals surface area contributed by atoms with Crippen molar-refractivity contribution in [3.05, 3.63) is 71.8 Å². The fourth-order valence-corrected chi connectivity index (χ4v) is 5.84. The first-order valence-electron chi connectivity index (χ1n) is 13.7. The molecule has 1 N–H and O–H groups in total. The quantitative estimate of drug-likeness (QED) is 0.674. The lowest BCUT2D eigenvalue weighted by Gasteiger charge is -2.43. The van der Waals surface area contributed by atoms with Crippen LogP contribution in [-0.4, -0.2) is 96.8 Å². The number of carbonyl (C=O) groups is 1.